The molecule has 0 bridgehead atoms. The van der Waals surface area contributed by atoms with Gasteiger partial charge in [0.15, 0.2) is 5.13 Å². The Morgan fingerprint density at radius 3 is 2.58 bits per heavy atom. The van der Waals surface area contributed by atoms with Gasteiger partial charge in [0.25, 0.3) is 0 Å². The molecule has 0 saturated carbocycles. The highest BCUT2D eigenvalue weighted by Crippen LogP contribution is 2.31. The number of hydrogen-bond acceptors (Lipinski definition) is 8. The van der Waals surface area contributed by atoms with Gasteiger partial charge in [0.05, 0.1) is 4.92 Å². The second-order valence-electron chi connectivity index (χ2n) is 4.98. The van der Waals surface area contributed by atoms with E-state index in [0.717, 1.165) is 11.1 Å². The second-order valence-corrected chi connectivity index (χ2v) is 5.87. The Balaban J connectivity index is 1.84. The minimum absolute atomic E-state index is 0.108. The minimum atomic E-state index is -0.507. The Morgan fingerprint density at radius 2 is 1.92 bits per heavy atom. The van der Waals surface area contributed by atoms with E-state index in [1.54, 1.807) is 11.6 Å². The maximum absolute atomic E-state index is 11.5. The van der Waals surface area contributed by atoms with Crippen molar-refractivity contribution in [3.8, 4) is 0 Å². The lowest BCUT2D eigenvalue weighted by atomic mass is 10.1. The van der Waals surface area contributed by atoms with Crippen molar-refractivity contribution >= 4 is 33.8 Å². The normalized spacial score (nSPS) is 10.4. The van der Waals surface area contributed by atoms with Gasteiger partial charge in [-0.3, -0.25) is 10.1 Å². The summed E-state index contributed by atoms with van der Waals surface area (Å²) in [5, 5.41) is 19.6. The molecule has 24 heavy (non-hydrogen) atoms. The second kappa shape index (κ2) is 7.01. The van der Waals surface area contributed by atoms with Crippen LogP contribution in [0.5, 0.6) is 0 Å². The van der Waals surface area contributed by atoms with E-state index < -0.39 is 4.92 Å². The summed E-state index contributed by atoms with van der Waals surface area (Å²) in [5.74, 6) is 0.269. The number of anilines is 3. The Hall–Kier alpha value is -3.07. The van der Waals surface area contributed by atoms with E-state index in [1.807, 2.05) is 31.2 Å². The number of rotatable bonds is 6. The Bertz CT molecular complexity index is 836. The first-order chi connectivity index (χ1) is 11.6. The van der Waals surface area contributed by atoms with E-state index in [2.05, 4.69) is 25.6 Å². The van der Waals surface area contributed by atoms with E-state index >= 15 is 0 Å². The van der Waals surface area contributed by atoms with Gasteiger partial charge in [-0.25, -0.2) is 15.0 Å². The van der Waals surface area contributed by atoms with Crippen LogP contribution in [0.4, 0.5) is 22.5 Å². The molecule has 3 rings (SSSR count). The van der Waals surface area contributed by atoms with Crippen LogP contribution in [0, 0.1) is 17.0 Å². The maximum atomic E-state index is 11.5. The molecule has 2 aromatic heterocycles. The highest BCUT2D eigenvalue weighted by atomic mass is 32.1. The van der Waals surface area contributed by atoms with Crippen molar-refractivity contribution in [1.82, 2.24) is 15.0 Å². The van der Waals surface area contributed by atoms with Crippen LogP contribution < -0.4 is 10.6 Å². The van der Waals surface area contributed by atoms with Gasteiger partial charge in [-0.2, -0.15) is 0 Å². The van der Waals surface area contributed by atoms with Gasteiger partial charge in [0.2, 0.25) is 11.6 Å². The van der Waals surface area contributed by atoms with E-state index in [0.29, 0.717) is 11.7 Å². The zero-order valence-corrected chi connectivity index (χ0v) is 13.6. The third kappa shape index (κ3) is 3.63. The average Bonchev–Trinajstić information content (AvgIpc) is 3.07. The maximum Gasteiger partial charge on any atom is 0.353 e. The lowest BCUT2D eigenvalue weighted by Crippen LogP contribution is -2.08. The molecule has 0 aliphatic carbocycles. The molecule has 0 unspecified atom stereocenters. The number of nitro groups is 1. The number of nitrogens with zero attached hydrogens (tertiary/aromatic N) is 4. The van der Waals surface area contributed by atoms with Crippen molar-refractivity contribution < 1.29 is 4.92 Å². The predicted molar refractivity (Wildman–Crippen MR) is 92.6 cm³/mol. The molecule has 1 aromatic carbocycles. The molecule has 3 aromatic rings. The quantitative estimate of drug-likeness (QED) is 0.521. The van der Waals surface area contributed by atoms with Crippen molar-refractivity contribution in [3.63, 3.8) is 0 Å². The van der Waals surface area contributed by atoms with Crippen LogP contribution >= 0.6 is 11.3 Å². The number of benzene rings is 1. The first kappa shape index (κ1) is 15.8. The summed E-state index contributed by atoms with van der Waals surface area (Å²) in [6.45, 7) is 2.43. The fraction of sp³-hybridized carbons (Fsp3) is 0.133. The fourth-order valence-electron chi connectivity index (χ4n) is 2.05. The molecule has 0 radical (unpaired) electrons. The van der Waals surface area contributed by atoms with Gasteiger partial charge in [0, 0.05) is 18.1 Å². The summed E-state index contributed by atoms with van der Waals surface area (Å²) in [5.41, 5.74) is 1.95. The van der Waals surface area contributed by atoms with Gasteiger partial charge < -0.3 is 10.6 Å². The number of thiazole rings is 1. The van der Waals surface area contributed by atoms with Crippen molar-refractivity contribution in [3.05, 3.63) is 63.4 Å². The van der Waals surface area contributed by atoms with Crippen LogP contribution in [0.25, 0.3) is 0 Å². The summed E-state index contributed by atoms with van der Waals surface area (Å²) >= 11 is 1.33. The summed E-state index contributed by atoms with van der Waals surface area (Å²) in [4.78, 5) is 23.0. The highest BCUT2D eigenvalue weighted by Gasteiger charge is 2.23. The van der Waals surface area contributed by atoms with Gasteiger partial charge >= 0.3 is 5.69 Å². The highest BCUT2D eigenvalue weighted by molar-refractivity contribution is 7.13. The minimum Gasteiger partial charge on any atom is -0.360 e. The topological polar surface area (TPSA) is 106 Å². The fourth-order valence-corrected chi connectivity index (χ4v) is 2.58. The molecule has 0 aliphatic rings. The third-order valence-electron chi connectivity index (χ3n) is 3.24. The molecule has 122 valence electrons. The van der Waals surface area contributed by atoms with Crippen molar-refractivity contribution in [2.24, 2.45) is 0 Å². The van der Waals surface area contributed by atoms with E-state index in [-0.39, 0.29) is 17.3 Å². The summed E-state index contributed by atoms with van der Waals surface area (Å²) in [6, 6.07) is 7.90. The molecule has 9 heteroatoms. The van der Waals surface area contributed by atoms with Crippen molar-refractivity contribution in [1.29, 1.82) is 0 Å². The number of hydrogen-bond donors (Lipinski definition) is 2. The lowest BCUT2D eigenvalue weighted by Gasteiger charge is -2.09. The Labute approximate surface area is 141 Å². The smallest absolute Gasteiger partial charge is 0.353 e. The molecule has 2 N–H and O–H groups in total. The average molecular weight is 342 g/mol. The number of nitrogens with one attached hydrogen (secondary N) is 2. The van der Waals surface area contributed by atoms with Crippen molar-refractivity contribution in [2.45, 2.75) is 13.5 Å². The standard InChI is InChI=1S/C15H14N6O2S/c1-10-2-4-11(5-3-10)8-17-13-12(21(22)23)14(19-9-18-13)20-15-16-6-7-24-15/h2-7,9H,8H2,1H3,(H2,16,17,18,19,20). The zero-order chi connectivity index (χ0) is 16.9. The molecule has 8 nitrogen and oxygen atoms in total. The molecule has 0 atom stereocenters. The zero-order valence-electron chi connectivity index (χ0n) is 12.8. The van der Waals surface area contributed by atoms with Gasteiger partial charge in [-0.15, -0.1) is 11.3 Å². The number of aryl methyl sites for hydroxylation is 1. The molecule has 0 aliphatic heterocycles. The SMILES string of the molecule is Cc1ccc(CNc2ncnc(Nc3nccs3)c2[N+](=O)[O-])cc1. The third-order valence-corrected chi connectivity index (χ3v) is 3.93. The summed E-state index contributed by atoms with van der Waals surface area (Å²) in [6.07, 6.45) is 2.89. The number of aromatic nitrogens is 3. The first-order valence-corrected chi connectivity index (χ1v) is 7.97. The van der Waals surface area contributed by atoms with Crippen LogP contribution in [0.1, 0.15) is 11.1 Å². The van der Waals surface area contributed by atoms with Gasteiger partial charge in [-0.1, -0.05) is 29.8 Å². The van der Waals surface area contributed by atoms with Crippen molar-refractivity contribution in [2.75, 3.05) is 10.6 Å². The molecule has 0 amide bonds. The first-order valence-electron chi connectivity index (χ1n) is 7.09. The predicted octanol–water partition coefficient (Wildman–Crippen LogP) is 3.51. The van der Waals surface area contributed by atoms with E-state index in [1.165, 1.54) is 17.7 Å². The monoisotopic (exact) mass is 342 g/mol. The molecule has 0 saturated heterocycles. The van der Waals surface area contributed by atoms with E-state index in [4.69, 9.17) is 0 Å². The van der Waals surface area contributed by atoms with Gasteiger partial charge in [-0.05, 0) is 12.5 Å². The van der Waals surface area contributed by atoms with Crippen LogP contribution in [-0.4, -0.2) is 19.9 Å². The largest absolute Gasteiger partial charge is 0.360 e. The van der Waals surface area contributed by atoms with E-state index in [9.17, 15) is 10.1 Å². The molecule has 0 spiro atoms. The lowest BCUT2D eigenvalue weighted by molar-refractivity contribution is -0.383. The van der Waals surface area contributed by atoms with Crippen LogP contribution in [0.15, 0.2) is 42.2 Å². The van der Waals surface area contributed by atoms with Crippen LogP contribution in [0.3, 0.4) is 0 Å². The molecular formula is C15H14N6O2S. The molecular weight excluding hydrogens is 328 g/mol. The van der Waals surface area contributed by atoms with Crippen LogP contribution in [-0.2, 0) is 6.54 Å². The summed E-state index contributed by atoms with van der Waals surface area (Å²) < 4.78 is 0. The Morgan fingerprint density at radius 1 is 1.17 bits per heavy atom. The van der Waals surface area contributed by atoms with Crippen LogP contribution in [0.2, 0.25) is 0 Å². The molecule has 2 heterocycles. The van der Waals surface area contributed by atoms with Gasteiger partial charge in [0.1, 0.15) is 6.33 Å². The summed E-state index contributed by atoms with van der Waals surface area (Å²) in [7, 11) is 0. The molecule has 0 fully saturated rings. The Kier molecular flexibility index (Phi) is 4.62.